The van der Waals surface area contributed by atoms with Gasteiger partial charge in [-0.2, -0.15) is 0 Å². The van der Waals surface area contributed by atoms with Gasteiger partial charge in [0.15, 0.2) is 17.5 Å². The Labute approximate surface area is 273 Å². The smallest absolute Gasteiger partial charge is 0.167 e. The number of hydrogen-bond donors (Lipinski definition) is 0. The molecule has 0 bridgehead atoms. The van der Waals surface area contributed by atoms with E-state index in [1.54, 1.807) is 0 Å². The molecule has 3 heterocycles. The topological polar surface area (TPSA) is 61.0 Å². The Hall–Kier alpha value is -6.59. The summed E-state index contributed by atoms with van der Waals surface area (Å²) in [5.74, 6) is 3.31. The Morgan fingerprint density at radius 1 is 0.375 bits per heavy atom. The Morgan fingerprint density at radius 2 is 1.02 bits per heavy atom. The van der Waals surface area contributed by atoms with Gasteiger partial charge in [0.1, 0.15) is 22.7 Å². The van der Waals surface area contributed by atoms with Gasteiger partial charge in [-0.3, -0.25) is 0 Å². The first-order valence-corrected chi connectivity index (χ1v) is 16.0. The van der Waals surface area contributed by atoms with Crippen molar-refractivity contribution >= 4 is 65.0 Å². The second-order valence-electron chi connectivity index (χ2n) is 12.3. The lowest BCUT2D eigenvalue weighted by atomic mass is 9.92. The molecule has 0 amide bonds. The normalized spacial score (nSPS) is 12.3. The molecule has 0 saturated carbocycles. The van der Waals surface area contributed by atoms with E-state index in [4.69, 9.17) is 24.1 Å². The van der Waals surface area contributed by atoms with Crippen LogP contribution >= 0.6 is 0 Å². The maximum atomic E-state index is 6.81. The zero-order chi connectivity index (χ0) is 31.3. The third-order valence-corrected chi connectivity index (χ3v) is 9.67. The van der Waals surface area contributed by atoms with Crippen molar-refractivity contribution in [3.63, 3.8) is 0 Å². The Kier molecular flexibility index (Phi) is 5.05. The third-order valence-electron chi connectivity index (χ3n) is 9.67. The van der Waals surface area contributed by atoms with E-state index in [0.717, 1.165) is 82.4 Å². The van der Waals surface area contributed by atoms with Gasteiger partial charge in [-0.05, 0) is 51.2 Å². The lowest BCUT2D eigenvalue weighted by Crippen LogP contribution is -2.03. The molecular weight excluding hydrogens is 590 g/mol. The summed E-state index contributed by atoms with van der Waals surface area (Å²) in [5, 5.41) is 11.2. The molecule has 0 N–H and O–H groups in total. The van der Waals surface area contributed by atoms with Crippen molar-refractivity contribution in [2.75, 3.05) is 0 Å². The SMILES string of the molecule is c1ccc(-c2nc(-c3ccc4ccc5ccc6cccc7c6c5c4c3O7)nc(-c3cccc4oc5ccc6ccccc6c5c34)n2)cc1. The van der Waals surface area contributed by atoms with Crippen LogP contribution < -0.4 is 4.74 Å². The van der Waals surface area contributed by atoms with Crippen molar-refractivity contribution in [2.45, 2.75) is 0 Å². The molecule has 11 rings (SSSR count). The highest BCUT2D eigenvalue weighted by molar-refractivity contribution is 6.26. The molecule has 0 fully saturated rings. The summed E-state index contributed by atoms with van der Waals surface area (Å²) in [5.41, 5.74) is 4.23. The van der Waals surface area contributed by atoms with Crippen molar-refractivity contribution < 1.29 is 9.15 Å². The van der Waals surface area contributed by atoms with Gasteiger partial charge in [-0.15, -0.1) is 0 Å². The molecule has 48 heavy (non-hydrogen) atoms. The van der Waals surface area contributed by atoms with E-state index in [0.29, 0.717) is 17.5 Å². The average molecular weight is 614 g/mol. The summed E-state index contributed by atoms with van der Waals surface area (Å²) >= 11 is 0. The van der Waals surface area contributed by atoms with Gasteiger partial charge in [-0.25, -0.2) is 15.0 Å². The van der Waals surface area contributed by atoms with Gasteiger partial charge in [0.05, 0.1) is 5.56 Å². The number of hydrogen-bond acceptors (Lipinski definition) is 5. The first kappa shape index (κ1) is 25.6. The van der Waals surface area contributed by atoms with Gasteiger partial charge in [-0.1, -0.05) is 115 Å². The summed E-state index contributed by atoms with van der Waals surface area (Å²) in [7, 11) is 0. The molecule has 0 aliphatic carbocycles. The van der Waals surface area contributed by atoms with Gasteiger partial charge < -0.3 is 9.15 Å². The number of furan rings is 1. The molecule has 1 aliphatic heterocycles. The van der Waals surface area contributed by atoms with Crippen LogP contribution in [0.2, 0.25) is 0 Å². The molecule has 0 atom stereocenters. The molecule has 0 unspecified atom stereocenters. The molecule has 0 saturated heterocycles. The highest BCUT2D eigenvalue weighted by Gasteiger charge is 2.25. The van der Waals surface area contributed by atoms with Crippen molar-refractivity contribution in [1.29, 1.82) is 0 Å². The standard InChI is InChI=1S/C43H23N3O2/c1-2-9-28(10-3-1)41-44-42(30-13-7-15-33-39(30)38-29-12-5-4-8-24(29)21-23-34(38)47-33)46-43(45-41)31-22-20-27-19-18-26-17-16-25-11-6-14-32-35(25)36(26)37(27)40(31)48-32/h1-23H. The zero-order valence-corrected chi connectivity index (χ0v) is 25.4. The summed E-state index contributed by atoms with van der Waals surface area (Å²) in [6.07, 6.45) is 0. The number of rotatable bonds is 3. The van der Waals surface area contributed by atoms with Crippen molar-refractivity contribution in [3.8, 4) is 45.7 Å². The predicted octanol–water partition coefficient (Wildman–Crippen LogP) is 11.5. The Balaban J connectivity index is 1.24. The van der Waals surface area contributed by atoms with E-state index < -0.39 is 0 Å². The summed E-state index contributed by atoms with van der Waals surface area (Å²) in [6.45, 7) is 0. The average Bonchev–Trinajstić information content (AvgIpc) is 3.54. The van der Waals surface area contributed by atoms with Crippen LogP contribution in [-0.4, -0.2) is 15.0 Å². The second-order valence-corrected chi connectivity index (χ2v) is 12.3. The zero-order valence-electron chi connectivity index (χ0n) is 25.4. The van der Waals surface area contributed by atoms with E-state index in [1.165, 1.54) is 10.8 Å². The van der Waals surface area contributed by atoms with E-state index in [9.17, 15) is 0 Å². The molecule has 8 aromatic carbocycles. The van der Waals surface area contributed by atoms with Crippen LogP contribution in [0.3, 0.4) is 0 Å². The molecule has 0 spiro atoms. The molecule has 10 aromatic rings. The van der Waals surface area contributed by atoms with Crippen LogP contribution in [0.25, 0.3) is 99.2 Å². The highest BCUT2D eigenvalue weighted by atomic mass is 16.5. The molecule has 0 radical (unpaired) electrons. The van der Waals surface area contributed by atoms with E-state index in [-0.39, 0.29) is 0 Å². The van der Waals surface area contributed by atoms with Crippen molar-refractivity contribution in [1.82, 2.24) is 15.0 Å². The van der Waals surface area contributed by atoms with Crippen molar-refractivity contribution in [3.05, 3.63) is 140 Å². The molecule has 5 nitrogen and oxygen atoms in total. The van der Waals surface area contributed by atoms with Gasteiger partial charge >= 0.3 is 0 Å². The number of aromatic nitrogens is 3. The lowest BCUT2D eigenvalue weighted by Gasteiger charge is -2.22. The fourth-order valence-corrected chi connectivity index (χ4v) is 7.53. The monoisotopic (exact) mass is 613 g/mol. The van der Waals surface area contributed by atoms with Crippen LogP contribution in [0.15, 0.2) is 144 Å². The fraction of sp³-hybridized carbons (Fsp3) is 0. The van der Waals surface area contributed by atoms with Crippen molar-refractivity contribution in [2.24, 2.45) is 0 Å². The molecule has 1 aliphatic rings. The summed E-state index contributed by atoms with van der Waals surface area (Å²) in [6, 6.07) is 47.9. The van der Waals surface area contributed by atoms with Crippen LogP contribution in [0.1, 0.15) is 0 Å². The number of nitrogens with zero attached hydrogens (tertiary/aromatic N) is 3. The van der Waals surface area contributed by atoms with E-state index in [2.05, 4.69) is 78.9 Å². The van der Waals surface area contributed by atoms with Gasteiger partial charge in [0, 0.05) is 38.1 Å². The van der Waals surface area contributed by atoms with Gasteiger partial charge in [0.2, 0.25) is 0 Å². The first-order chi connectivity index (χ1) is 23.8. The predicted molar refractivity (Wildman–Crippen MR) is 194 cm³/mol. The quantitative estimate of drug-likeness (QED) is 0.186. The Bertz CT molecular complexity index is 2980. The maximum Gasteiger partial charge on any atom is 0.167 e. The minimum atomic E-state index is 0.550. The molecule has 2 aromatic heterocycles. The van der Waals surface area contributed by atoms with Gasteiger partial charge in [0.25, 0.3) is 0 Å². The summed E-state index contributed by atoms with van der Waals surface area (Å²) in [4.78, 5) is 15.5. The van der Waals surface area contributed by atoms with Crippen LogP contribution in [0.4, 0.5) is 0 Å². The maximum absolute atomic E-state index is 6.81. The minimum Gasteiger partial charge on any atom is -0.456 e. The van der Waals surface area contributed by atoms with E-state index >= 15 is 0 Å². The van der Waals surface area contributed by atoms with Crippen LogP contribution in [0, 0.1) is 0 Å². The Morgan fingerprint density at radius 3 is 1.90 bits per heavy atom. The second kappa shape index (κ2) is 9.47. The lowest BCUT2D eigenvalue weighted by molar-refractivity contribution is 0.494. The first-order valence-electron chi connectivity index (χ1n) is 16.0. The number of benzene rings is 8. The van der Waals surface area contributed by atoms with E-state index in [1.807, 2.05) is 60.7 Å². The largest absolute Gasteiger partial charge is 0.456 e. The molecular formula is C43H23N3O2. The number of ether oxygens (including phenoxy) is 1. The molecule has 5 heteroatoms. The minimum absolute atomic E-state index is 0.550. The number of fused-ring (bicyclic) bond motifs is 5. The van der Waals surface area contributed by atoms with Crippen LogP contribution in [-0.2, 0) is 0 Å². The summed E-state index contributed by atoms with van der Waals surface area (Å²) < 4.78 is 13.2. The third kappa shape index (κ3) is 3.53. The molecule has 222 valence electrons. The highest BCUT2D eigenvalue weighted by Crippen LogP contribution is 2.50. The fourth-order valence-electron chi connectivity index (χ4n) is 7.53. The van der Waals surface area contributed by atoms with Crippen LogP contribution in [0.5, 0.6) is 11.5 Å².